The van der Waals surface area contributed by atoms with Crippen LogP contribution in [0.25, 0.3) is 0 Å². The van der Waals surface area contributed by atoms with E-state index in [-0.39, 0.29) is 23.7 Å². The van der Waals surface area contributed by atoms with E-state index in [1.54, 1.807) is 13.8 Å². The molecule has 6 nitrogen and oxygen atoms in total. The van der Waals surface area contributed by atoms with Crippen LogP contribution in [0.15, 0.2) is 4.42 Å². The molecule has 3 rings (SSSR count). The Morgan fingerprint density at radius 1 is 1.55 bits per heavy atom. The van der Waals surface area contributed by atoms with E-state index in [1.807, 2.05) is 13.0 Å². The molecule has 1 unspecified atom stereocenters. The van der Waals surface area contributed by atoms with Crippen LogP contribution in [0.4, 0.5) is 0 Å². The van der Waals surface area contributed by atoms with Gasteiger partial charge in [0.2, 0.25) is 16.9 Å². The van der Waals surface area contributed by atoms with Crippen molar-refractivity contribution < 1.29 is 23.5 Å². The van der Waals surface area contributed by atoms with E-state index in [1.165, 1.54) is 0 Å². The third-order valence-corrected chi connectivity index (χ3v) is 4.07. The summed E-state index contributed by atoms with van der Waals surface area (Å²) in [7, 11) is 0. The fourth-order valence-electron chi connectivity index (χ4n) is 2.22. The molecule has 0 fully saturated rings. The Balaban J connectivity index is 1.97. The lowest BCUT2D eigenvalue weighted by Gasteiger charge is -2.20. The number of furan rings is 1. The summed E-state index contributed by atoms with van der Waals surface area (Å²) in [6.45, 7) is 5.42. The Hall–Kier alpha value is -2.29. The van der Waals surface area contributed by atoms with E-state index < -0.39 is 22.8 Å². The first-order valence-electron chi connectivity index (χ1n) is 6.37. The number of fused-ring (bicyclic) bond motifs is 1. The maximum Gasteiger partial charge on any atom is 0.340 e. The van der Waals surface area contributed by atoms with Gasteiger partial charge in [-0.25, -0.2) is 4.79 Å². The minimum Gasteiger partial charge on any atom is -0.455 e. The van der Waals surface area contributed by atoms with Gasteiger partial charge >= 0.3 is 11.9 Å². The van der Waals surface area contributed by atoms with Crippen LogP contribution in [0.5, 0.6) is 11.5 Å². The molecular weight excluding hydrogens is 262 g/mol. The highest BCUT2D eigenvalue weighted by molar-refractivity contribution is 5.96. The molecule has 0 saturated carbocycles. The van der Waals surface area contributed by atoms with E-state index in [2.05, 4.69) is 0 Å². The van der Waals surface area contributed by atoms with Crippen molar-refractivity contribution >= 4 is 11.9 Å². The lowest BCUT2D eigenvalue weighted by molar-refractivity contribution is -0.144. The molecule has 0 saturated heterocycles. The first-order chi connectivity index (χ1) is 9.35. The Bertz CT molecular complexity index is 678. The van der Waals surface area contributed by atoms with Gasteiger partial charge in [-0.05, 0) is 20.3 Å². The standard InChI is InChI=1S/C14H13NO5/c1-4-13(2,3)11(16)19-8-7-5-14(6-15)10(18-7)9(8)20-12(14)17/h4-5H2,1-3H3. The van der Waals surface area contributed by atoms with Gasteiger partial charge in [0.15, 0.2) is 11.5 Å². The fourth-order valence-corrected chi connectivity index (χ4v) is 2.22. The first kappa shape index (κ1) is 12.7. The van der Waals surface area contributed by atoms with Crippen LogP contribution in [0, 0.1) is 16.7 Å². The monoisotopic (exact) mass is 275 g/mol. The summed E-state index contributed by atoms with van der Waals surface area (Å²) < 4.78 is 15.8. The van der Waals surface area contributed by atoms with Crippen LogP contribution in [-0.2, 0) is 21.4 Å². The summed E-state index contributed by atoms with van der Waals surface area (Å²) in [5.74, 6) is -0.376. The molecule has 0 N–H and O–H groups in total. The maximum absolute atomic E-state index is 12.1. The van der Waals surface area contributed by atoms with Crippen molar-refractivity contribution in [1.82, 2.24) is 0 Å². The predicted molar refractivity (Wildman–Crippen MR) is 65.0 cm³/mol. The average Bonchev–Trinajstić information content (AvgIpc) is 3.00. The van der Waals surface area contributed by atoms with Crippen molar-refractivity contribution in [3.05, 3.63) is 11.5 Å². The number of nitrogens with zero attached hydrogens (tertiary/aromatic N) is 1. The Kier molecular flexibility index (Phi) is 2.31. The lowest BCUT2D eigenvalue weighted by atomic mass is 9.83. The zero-order valence-electron chi connectivity index (χ0n) is 11.4. The van der Waals surface area contributed by atoms with Gasteiger partial charge in [-0.2, -0.15) is 5.26 Å². The summed E-state index contributed by atoms with van der Waals surface area (Å²) in [5, 5.41) is 9.18. The minimum atomic E-state index is -1.37. The van der Waals surface area contributed by atoms with Gasteiger partial charge in [-0.15, -0.1) is 0 Å². The molecule has 0 spiro atoms. The molecule has 2 aliphatic rings. The van der Waals surface area contributed by atoms with E-state index in [0.717, 1.165) is 0 Å². The molecule has 6 heteroatoms. The van der Waals surface area contributed by atoms with Gasteiger partial charge in [0, 0.05) is 6.42 Å². The Morgan fingerprint density at radius 3 is 2.85 bits per heavy atom. The zero-order valence-corrected chi connectivity index (χ0v) is 11.4. The molecule has 1 atom stereocenters. The van der Waals surface area contributed by atoms with E-state index >= 15 is 0 Å². The van der Waals surface area contributed by atoms with E-state index in [9.17, 15) is 14.9 Å². The maximum atomic E-state index is 12.1. The summed E-state index contributed by atoms with van der Waals surface area (Å²) in [6, 6.07) is 1.93. The zero-order chi connectivity index (χ0) is 14.7. The molecule has 20 heavy (non-hydrogen) atoms. The second-order valence-corrected chi connectivity index (χ2v) is 5.72. The molecule has 1 aromatic heterocycles. The second-order valence-electron chi connectivity index (χ2n) is 5.72. The topological polar surface area (TPSA) is 89.5 Å². The van der Waals surface area contributed by atoms with Crippen LogP contribution in [0.1, 0.15) is 38.7 Å². The van der Waals surface area contributed by atoms with Crippen LogP contribution in [0.2, 0.25) is 0 Å². The SMILES string of the molecule is CCC(C)(C)C(=O)Oc1c2oc3c1OC(=O)C3(C#N)C2. The van der Waals surface area contributed by atoms with Crippen molar-refractivity contribution in [3.63, 3.8) is 0 Å². The van der Waals surface area contributed by atoms with Crippen LogP contribution in [0.3, 0.4) is 0 Å². The Labute approximate surface area is 115 Å². The van der Waals surface area contributed by atoms with Crippen LogP contribution in [-0.4, -0.2) is 11.9 Å². The highest BCUT2D eigenvalue weighted by Gasteiger charge is 2.61. The normalized spacial score (nSPS) is 22.6. The second kappa shape index (κ2) is 3.63. The van der Waals surface area contributed by atoms with Gasteiger partial charge < -0.3 is 13.9 Å². The smallest absolute Gasteiger partial charge is 0.340 e. The number of hydrogen-bond acceptors (Lipinski definition) is 6. The lowest BCUT2D eigenvalue weighted by Crippen LogP contribution is -2.32. The number of carbonyl (C=O) groups is 2. The highest BCUT2D eigenvalue weighted by atomic mass is 16.6. The molecule has 0 radical (unpaired) electrons. The van der Waals surface area contributed by atoms with E-state index in [4.69, 9.17) is 13.9 Å². The largest absolute Gasteiger partial charge is 0.455 e. The molecule has 0 amide bonds. The molecule has 2 bridgehead atoms. The van der Waals surface area contributed by atoms with Gasteiger partial charge in [0.25, 0.3) is 0 Å². The molecule has 3 heterocycles. The molecule has 0 aromatic carbocycles. The first-order valence-corrected chi connectivity index (χ1v) is 6.37. The molecule has 2 aliphatic heterocycles. The molecule has 1 aromatic rings. The van der Waals surface area contributed by atoms with Crippen LogP contribution >= 0.6 is 0 Å². The fraction of sp³-hybridized carbons (Fsp3) is 0.500. The summed E-state index contributed by atoms with van der Waals surface area (Å²) in [6.07, 6.45) is 0.680. The predicted octanol–water partition coefficient (Wildman–Crippen LogP) is 1.86. The number of esters is 2. The van der Waals surface area contributed by atoms with Gasteiger partial charge in [0.05, 0.1) is 11.5 Å². The molecule has 0 aliphatic carbocycles. The van der Waals surface area contributed by atoms with Crippen molar-refractivity contribution in [2.24, 2.45) is 5.41 Å². The van der Waals surface area contributed by atoms with Crippen molar-refractivity contribution in [2.75, 3.05) is 0 Å². The third kappa shape index (κ3) is 1.32. The van der Waals surface area contributed by atoms with Gasteiger partial charge in [-0.3, -0.25) is 4.79 Å². The summed E-state index contributed by atoms with van der Waals surface area (Å²) in [5.41, 5.74) is -2.02. The van der Waals surface area contributed by atoms with Crippen LogP contribution < -0.4 is 9.47 Å². The third-order valence-electron chi connectivity index (χ3n) is 4.07. The average molecular weight is 275 g/mol. The summed E-state index contributed by atoms with van der Waals surface area (Å²) >= 11 is 0. The van der Waals surface area contributed by atoms with Gasteiger partial charge in [0.1, 0.15) is 0 Å². The number of hydrogen-bond donors (Lipinski definition) is 0. The van der Waals surface area contributed by atoms with Gasteiger partial charge in [-0.1, -0.05) is 6.92 Å². The molecule has 104 valence electrons. The number of carbonyl (C=O) groups excluding carboxylic acids is 2. The summed E-state index contributed by atoms with van der Waals surface area (Å²) in [4.78, 5) is 23.9. The number of rotatable bonds is 3. The minimum absolute atomic E-state index is 0.0658. The van der Waals surface area contributed by atoms with Crippen molar-refractivity contribution in [2.45, 2.75) is 39.0 Å². The Morgan fingerprint density at radius 2 is 2.25 bits per heavy atom. The van der Waals surface area contributed by atoms with E-state index in [0.29, 0.717) is 12.2 Å². The number of nitriles is 1. The molecular formula is C14H13NO5. The van der Waals surface area contributed by atoms with Crippen molar-refractivity contribution in [3.8, 4) is 17.6 Å². The number of ether oxygens (including phenoxy) is 2. The van der Waals surface area contributed by atoms with Crippen molar-refractivity contribution in [1.29, 1.82) is 5.26 Å². The quantitative estimate of drug-likeness (QED) is 0.782. The highest BCUT2D eigenvalue weighted by Crippen LogP contribution is 2.57.